The summed E-state index contributed by atoms with van der Waals surface area (Å²) in [5.74, 6) is 2.29. The molecule has 0 heterocycles. The number of benzene rings is 1. The van der Waals surface area contributed by atoms with Gasteiger partial charge in [0.25, 0.3) is 0 Å². The van der Waals surface area contributed by atoms with E-state index < -0.39 is 0 Å². The molecule has 1 unspecified atom stereocenters. The molecule has 4 heteroatoms. The van der Waals surface area contributed by atoms with E-state index in [0.29, 0.717) is 5.92 Å². The lowest BCUT2D eigenvalue weighted by molar-refractivity contribution is 0.413. The predicted molar refractivity (Wildman–Crippen MR) is 81.5 cm³/mol. The highest BCUT2D eigenvalue weighted by Gasteiger charge is 2.06. The molecule has 0 fully saturated rings. The molecule has 0 radical (unpaired) electrons. The third kappa shape index (κ3) is 5.17. The van der Waals surface area contributed by atoms with Crippen molar-refractivity contribution in [2.75, 3.05) is 19.5 Å². The van der Waals surface area contributed by atoms with E-state index in [0.717, 1.165) is 35.6 Å². The van der Waals surface area contributed by atoms with Crippen LogP contribution in [0.25, 0.3) is 0 Å². The first-order valence-corrected chi connectivity index (χ1v) is 7.63. The standard InChI is InChI=1S/C14H21BrClNO/c1-3-11(6-7-16)9-17-10-12-8-13(18-2)4-5-14(12)15/h4-5,8,11,17H,3,6-7,9-10H2,1-2H3. The van der Waals surface area contributed by atoms with E-state index in [9.17, 15) is 0 Å². The average Bonchev–Trinajstić information content (AvgIpc) is 2.39. The van der Waals surface area contributed by atoms with Crippen molar-refractivity contribution in [3.63, 3.8) is 0 Å². The summed E-state index contributed by atoms with van der Waals surface area (Å²) in [5.41, 5.74) is 1.22. The second-order valence-electron chi connectivity index (χ2n) is 4.34. The Labute approximate surface area is 123 Å². The summed E-state index contributed by atoms with van der Waals surface area (Å²) < 4.78 is 6.34. The minimum Gasteiger partial charge on any atom is -0.497 e. The number of alkyl halides is 1. The predicted octanol–water partition coefficient (Wildman–Crippen LogP) is 4.20. The molecule has 1 N–H and O–H groups in total. The van der Waals surface area contributed by atoms with E-state index in [4.69, 9.17) is 16.3 Å². The van der Waals surface area contributed by atoms with E-state index >= 15 is 0 Å². The fraction of sp³-hybridized carbons (Fsp3) is 0.571. The van der Waals surface area contributed by atoms with Gasteiger partial charge in [-0.3, -0.25) is 0 Å². The van der Waals surface area contributed by atoms with Crippen LogP contribution in [0, 0.1) is 5.92 Å². The summed E-state index contributed by atoms with van der Waals surface area (Å²) in [6.45, 7) is 4.06. The monoisotopic (exact) mass is 333 g/mol. The van der Waals surface area contributed by atoms with Gasteiger partial charge in [-0.25, -0.2) is 0 Å². The third-order valence-electron chi connectivity index (χ3n) is 3.10. The average molecular weight is 335 g/mol. The summed E-state index contributed by atoms with van der Waals surface area (Å²) in [5, 5.41) is 3.49. The van der Waals surface area contributed by atoms with Crippen molar-refractivity contribution in [3.05, 3.63) is 28.2 Å². The lowest BCUT2D eigenvalue weighted by atomic mass is 10.0. The minimum absolute atomic E-state index is 0.659. The fourth-order valence-corrected chi connectivity index (χ4v) is 2.52. The van der Waals surface area contributed by atoms with Gasteiger partial charge in [-0.1, -0.05) is 29.3 Å². The smallest absolute Gasteiger partial charge is 0.119 e. The molecule has 2 nitrogen and oxygen atoms in total. The van der Waals surface area contributed by atoms with Crippen LogP contribution < -0.4 is 10.1 Å². The lowest BCUT2D eigenvalue weighted by Crippen LogP contribution is -2.22. The largest absolute Gasteiger partial charge is 0.497 e. The number of hydrogen-bond donors (Lipinski definition) is 1. The molecule has 0 bridgehead atoms. The van der Waals surface area contributed by atoms with Crippen molar-refractivity contribution in [2.24, 2.45) is 5.92 Å². The van der Waals surface area contributed by atoms with Crippen LogP contribution in [0.2, 0.25) is 0 Å². The van der Waals surface area contributed by atoms with Gasteiger partial charge in [0.05, 0.1) is 7.11 Å². The SMILES string of the molecule is CCC(CCCl)CNCc1cc(OC)ccc1Br. The third-order valence-corrected chi connectivity index (χ3v) is 4.09. The summed E-state index contributed by atoms with van der Waals surface area (Å²) in [6, 6.07) is 6.03. The number of rotatable bonds is 8. The quantitative estimate of drug-likeness (QED) is 0.719. The van der Waals surface area contributed by atoms with Crippen LogP contribution in [0.5, 0.6) is 5.75 Å². The molecule has 1 atom stereocenters. The van der Waals surface area contributed by atoms with Crippen LogP contribution in [0.3, 0.4) is 0 Å². The highest BCUT2D eigenvalue weighted by molar-refractivity contribution is 9.10. The Morgan fingerprint density at radius 1 is 1.44 bits per heavy atom. The van der Waals surface area contributed by atoms with Gasteiger partial charge in [0.1, 0.15) is 5.75 Å². The van der Waals surface area contributed by atoms with Crippen LogP contribution >= 0.6 is 27.5 Å². The lowest BCUT2D eigenvalue weighted by Gasteiger charge is -2.15. The van der Waals surface area contributed by atoms with Gasteiger partial charge in [-0.05, 0) is 42.6 Å². The Morgan fingerprint density at radius 2 is 2.22 bits per heavy atom. The zero-order valence-electron chi connectivity index (χ0n) is 11.0. The van der Waals surface area contributed by atoms with Crippen LogP contribution in [0.1, 0.15) is 25.3 Å². The van der Waals surface area contributed by atoms with Crippen LogP contribution in [0.4, 0.5) is 0 Å². The molecule has 0 saturated heterocycles. The molecule has 18 heavy (non-hydrogen) atoms. The molecular weight excluding hydrogens is 314 g/mol. The zero-order chi connectivity index (χ0) is 13.4. The summed E-state index contributed by atoms with van der Waals surface area (Å²) in [7, 11) is 1.69. The first kappa shape index (κ1) is 15.8. The Hall–Kier alpha value is -0.250. The highest BCUT2D eigenvalue weighted by Crippen LogP contribution is 2.22. The summed E-state index contributed by atoms with van der Waals surface area (Å²) >= 11 is 9.34. The first-order valence-electron chi connectivity index (χ1n) is 6.30. The van der Waals surface area contributed by atoms with E-state index in [2.05, 4.69) is 34.2 Å². The maximum Gasteiger partial charge on any atom is 0.119 e. The Balaban J connectivity index is 2.47. The first-order chi connectivity index (χ1) is 8.71. The van der Waals surface area contributed by atoms with E-state index in [1.54, 1.807) is 7.11 Å². The van der Waals surface area contributed by atoms with Gasteiger partial charge >= 0.3 is 0 Å². The Bertz CT molecular complexity index is 360. The molecule has 0 aliphatic heterocycles. The molecule has 102 valence electrons. The number of halogens is 2. The van der Waals surface area contributed by atoms with Crippen molar-refractivity contribution in [3.8, 4) is 5.75 Å². The molecule has 0 saturated carbocycles. The maximum atomic E-state index is 5.78. The maximum absolute atomic E-state index is 5.78. The number of nitrogens with one attached hydrogen (secondary N) is 1. The van der Waals surface area contributed by atoms with Crippen LogP contribution in [0.15, 0.2) is 22.7 Å². The topological polar surface area (TPSA) is 21.3 Å². The van der Waals surface area contributed by atoms with E-state index in [1.807, 2.05) is 12.1 Å². The summed E-state index contributed by atoms with van der Waals surface area (Å²) in [6.07, 6.45) is 2.24. The highest BCUT2D eigenvalue weighted by atomic mass is 79.9. The Kier molecular flexibility index (Phi) is 7.71. The normalized spacial score (nSPS) is 12.4. The van der Waals surface area contributed by atoms with Crippen LogP contribution in [-0.2, 0) is 6.54 Å². The zero-order valence-corrected chi connectivity index (χ0v) is 13.4. The van der Waals surface area contributed by atoms with Gasteiger partial charge in [-0.15, -0.1) is 11.6 Å². The van der Waals surface area contributed by atoms with E-state index in [1.165, 1.54) is 12.0 Å². The number of methoxy groups -OCH3 is 1. The molecular formula is C14H21BrClNO. The number of ether oxygens (including phenoxy) is 1. The van der Waals surface area contributed by atoms with Gasteiger partial charge in [0.2, 0.25) is 0 Å². The van der Waals surface area contributed by atoms with Crippen LogP contribution in [-0.4, -0.2) is 19.5 Å². The van der Waals surface area contributed by atoms with Crippen molar-refractivity contribution in [1.29, 1.82) is 0 Å². The van der Waals surface area contributed by atoms with E-state index in [-0.39, 0.29) is 0 Å². The second-order valence-corrected chi connectivity index (χ2v) is 5.57. The molecule has 1 aromatic carbocycles. The molecule has 1 aromatic rings. The molecule has 1 rings (SSSR count). The van der Waals surface area contributed by atoms with Crippen molar-refractivity contribution in [1.82, 2.24) is 5.32 Å². The fourth-order valence-electron chi connectivity index (χ4n) is 1.83. The van der Waals surface area contributed by atoms with Gasteiger partial charge in [0, 0.05) is 16.9 Å². The molecule has 0 aromatic heterocycles. The molecule has 0 spiro atoms. The van der Waals surface area contributed by atoms with Crippen molar-refractivity contribution < 1.29 is 4.74 Å². The van der Waals surface area contributed by atoms with Gasteiger partial charge in [-0.2, -0.15) is 0 Å². The molecule has 0 aliphatic rings. The molecule has 0 amide bonds. The number of hydrogen-bond acceptors (Lipinski definition) is 2. The second kappa shape index (κ2) is 8.78. The Morgan fingerprint density at radius 3 is 2.83 bits per heavy atom. The van der Waals surface area contributed by atoms with Gasteiger partial charge < -0.3 is 10.1 Å². The van der Waals surface area contributed by atoms with Gasteiger partial charge in [0.15, 0.2) is 0 Å². The van der Waals surface area contributed by atoms with Crippen molar-refractivity contribution >= 4 is 27.5 Å². The summed E-state index contributed by atoms with van der Waals surface area (Å²) in [4.78, 5) is 0. The van der Waals surface area contributed by atoms with Crippen molar-refractivity contribution in [2.45, 2.75) is 26.3 Å². The molecule has 0 aliphatic carbocycles. The minimum atomic E-state index is 0.659.